The normalized spacial score (nSPS) is 18.8. The minimum Gasteiger partial charge on any atom is -0.455 e. The summed E-state index contributed by atoms with van der Waals surface area (Å²) in [7, 11) is -4.57. The topological polar surface area (TPSA) is 192 Å². The zero-order valence-electron chi connectivity index (χ0n) is 35.2. The minimum absolute atomic E-state index is 0.0608. The number of sulfonamides is 1. The van der Waals surface area contributed by atoms with Gasteiger partial charge in [-0.1, -0.05) is 37.6 Å². The minimum atomic E-state index is -4.57. The van der Waals surface area contributed by atoms with Crippen LogP contribution in [0.4, 0.5) is 17.1 Å². The molecule has 5 heterocycles. The number of hydrogen-bond acceptors (Lipinski definition) is 12. The molecule has 0 saturated carbocycles. The number of nitro benzene ring substituents is 1. The first-order valence-corrected chi connectivity index (χ1v) is 23.1. The number of rotatable bonds is 14. The second-order valence-electron chi connectivity index (χ2n) is 16.8. The van der Waals surface area contributed by atoms with Gasteiger partial charge in [-0.05, 0) is 78.8 Å². The van der Waals surface area contributed by atoms with Crippen molar-refractivity contribution in [2.75, 3.05) is 75.8 Å². The maximum absolute atomic E-state index is 13.9. The van der Waals surface area contributed by atoms with E-state index in [1.165, 1.54) is 30.0 Å². The number of hydrogen-bond donors (Lipinski definition) is 3. The highest BCUT2D eigenvalue weighted by Gasteiger charge is 2.38. The van der Waals surface area contributed by atoms with Crippen molar-refractivity contribution in [3.8, 4) is 11.5 Å². The number of halogens is 1. The van der Waals surface area contributed by atoms with Crippen LogP contribution in [0, 0.1) is 27.9 Å². The SMILES string of the molecule is CC(C)C(=O)N1C[C@@H](CN2CCN(c3ccc(C(=O)NS(=O)(=O)c4ccc(NCC5CCOCC5)c([N+](=O)[O-])c4)c(Oc4cnc5[nH]ccc5c4)c3)CC2)[C@H](c2ccc(Cl)cc2)C1. The number of fused-ring (bicyclic) bond motifs is 1. The molecule has 332 valence electrons. The average molecular weight is 899 g/mol. The Morgan fingerprint density at radius 1 is 1.00 bits per heavy atom. The summed E-state index contributed by atoms with van der Waals surface area (Å²) in [4.78, 5) is 52.1. The number of nitrogens with one attached hydrogen (secondary N) is 3. The van der Waals surface area contributed by atoms with Gasteiger partial charge in [0.1, 0.15) is 22.8 Å². The van der Waals surface area contributed by atoms with Gasteiger partial charge in [0.2, 0.25) is 5.91 Å². The molecule has 2 amide bonds. The predicted molar refractivity (Wildman–Crippen MR) is 240 cm³/mol. The smallest absolute Gasteiger partial charge is 0.293 e. The number of carbonyl (C=O) groups excluding carboxylic acids is 2. The molecule has 0 spiro atoms. The highest BCUT2D eigenvalue weighted by atomic mass is 35.5. The van der Waals surface area contributed by atoms with Crippen LogP contribution in [-0.4, -0.2) is 110 Å². The lowest BCUT2D eigenvalue weighted by molar-refractivity contribution is -0.384. The van der Waals surface area contributed by atoms with Gasteiger partial charge in [-0.15, -0.1) is 0 Å². The number of pyridine rings is 1. The van der Waals surface area contributed by atoms with Crippen molar-refractivity contribution in [1.29, 1.82) is 0 Å². The van der Waals surface area contributed by atoms with Crippen molar-refractivity contribution in [2.24, 2.45) is 17.8 Å². The van der Waals surface area contributed by atoms with E-state index >= 15 is 0 Å². The van der Waals surface area contributed by atoms with Gasteiger partial charge >= 0.3 is 0 Å². The Morgan fingerprint density at radius 2 is 1.76 bits per heavy atom. The van der Waals surface area contributed by atoms with Crippen LogP contribution in [0.15, 0.2) is 90.1 Å². The van der Waals surface area contributed by atoms with E-state index in [2.05, 4.69) is 41.9 Å². The third-order valence-corrected chi connectivity index (χ3v) is 13.8. The quantitative estimate of drug-likeness (QED) is 0.0774. The van der Waals surface area contributed by atoms with E-state index in [9.17, 15) is 28.1 Å². The summed E-state index contributed by atoms with van der Waals surface area (Å²) in [5, 5.41) is 16.6. The van der Waals surface area contributed by atoms with Gasteiger partial charge in [-0.3, -0.25) is 24.6 Å². The fourth-order valence-electron chi connectivity index (χ4n) is 8.71. The standard InChI is InChI=1S/C45H51ClN8O8S/c1-29(2)45(56)53-27-33(39(28-53)31-3-5-34(46)6-4-31)26-51-15-17-52(18-16-51)35-7-9-38(42(22-35)62-36-21-32-11-14-47-43(32)49-25-36)44(55)50-63(59,60)37-8-10-40(41(23-37)54(57)58)48-24-30-12-19-61-20-13-30/h3-11,14,21-23,25,29-30,33,39,48H,12-13,15-20,24,26-28H2,1-2H3,(H,47,49)(H,50,55)/t33-,39+/m1/s1. The monoisotopic (exact) mass is 898 g/mol. The molecule has 0 aliphatic carbocycles. The average Bonchev–Trinajstić information content (AvgIpc) is 3.93. The Bertz CT molecular complexity index is 2580. The highest BCUT2D eigenvalue weighted by molar-refractivity contribution is 7.90. The van der Waals surface area contributed by atoms with E-state index in [0.717, 1.165) is 49.6 Å². The predicted octanol–water partition coefficient (Wildman–Crippen LogP) is 6.89. The van der Waals surface area contributed by atoms with Crippen LogP contribution in [0.5, 0.6) is 11.5 Å². The molecule has 3 N–H and O–H groups in total. The summed E-state index contributed by atoms with van der Waals surface area (Å²) in [6, 6.07) is 20.0. The van der Waals surface area contributed by atoms with E-state index < -0.39 is 31.4 Å². The summed E-state index contributed by atoms with van der Waals surface area (Å²) in [6.45, 7) is 10.6. The molecule has 3 fully saturated rings. The molecule has 3 aromatic carbocycles. The lowest BCUT2D eigenvalue weighted by Crippen LogP contribution is -2.48. The zero-order chi connectivity index (χ0) is 44.3. The van der Waals surface area contributed by atoms with Gasteiger partial charge in [0, 0.05) is 112 Å². The molecule has 5 aromatic rings. The number of amides is 2. The maximum atomic E-state index is 13.9. The fourth-order valence-corrected chi connectivity index (χ4v) is 9.82. The molecule has 3 aliphatic heterocycles. The number of nitro groups is 1. The summed E-state index contributed by atoms with van der Waals surface area (Å²) in [5.74, 6) is 0.218. The molecule has 0 radical (unpaired) electrons. The van der Waals surface area contributed by atoms with Crippen molar-refractivity contribution in [2.45, 2.75) is 37.5 Å². The van der Waals surface area contributed by atoms with Crippen molar-refractivity contribution in [3.05, 3.63) is 111 Å². The van der Waals surface area contributed by atoms with E-state index in [4.69, 9.17) is 21.1 Å². The number of aromatic amines is 1. The number of nitrogens with zero attached hydrogens (tertiary/aromatic N) is 5. The molecule has 18 heteroatoms. The van der Waals surface area contributed by atoms with Gasteiger partial charge < -0.3 is 29.6 Å². The summed E-state index contributed by atoms with van der Waals surface area (Å²) in [5.41, 5.74) is 2.29. The number of H-pyrrole nitrogens is 1. The Balaban J connectivity index is 0.987. The van der Waals surface area contributed by atoms with Crippen LogP contribution in [0.25, 0.3) is 11.0 Å². The Labute approximate surface area is 371 Å². The van der Waals surface area contributed by atoms with Crippen LogP contribution >= 0.6 is 11.6 Å². The fraction of sp³-hybridized carbons (Fsp3) is 0.400. The third kappa shape index (κ3) is 10.2. The molecule has 3 saturated heterocycles. The molecular formula is C45H51ClN8O8S. The molecule has 63 heavy (non-hydrogen) atoms. The van der Waals surface area contributed by atoms with Crippen LogP contribution in [0.1, 0.15) is 48.5 Å². The largest absolute Gasteiger partial charge is 0.455 e. The van der Waals surface area contributed by atoms with Gasteiger partial charge in [-0.2, -0.15) is 0 Å². The van der Waals surface area contributed by atoms with Gasteiger partial charge in [0.05, 0.1) is 21.6 Å². The van der Waals surface area contributed by atoms with Gasteiger partial charge in [0.15, 0.2) is 0 Å². The van der Waals surface area contributed by atoms with Gasteiger partial charge in [-0.25, -0.2) is 18.1 Å². The van der Waals surface area contributed by atoms with Crippen molar-refractivity contribution in [3.63, 3.8) is 0 Å². The molecular weight excluding hydrogens is 848 g/mol. The Kier molecular flexibility index (Phi) is 13.2. The number of carbonyl (C=O) groups is 2. The molecule has 0 bridgehead atoms. The van der Waals surface area contributed by atoms with E-state index in [1.807, 2.05) is 36.9 Å². The first-order chi connectivity index (χ1) is 30.3. The van der Waals surface area contributed by atoms with Crippen LogP contribution < -0.4 is 19.7 Å². The van der Waals surface area contributed by atoms with Crippen molar-refractivity contribution in [1.82, 2.24) is 24.5 Å². The number of piperazine rings is 1. The first kappa shape index (κ1) is 43.9. The molecule has 16 nitrogen and oxygen atoms in total. The second-order valence-corrected chi connectivity index (χ2v) is 18.9. The van der Waals surface area contributed by atoms with Crippen molar-refractivity contribution >= 4 is 61.5 Å². The van der Waals surface area contributed by atoms with Crippen LogP contribution in [0.3, 0.4) is 0 Å². The first-order valence-electron chi connectivity index (χ1n) is 21.2. The highest BCUT2D eigenvalue weighted by Crippen LogP contribution is 2.36. The van der Waals surface area contributed by atoms with E-state index in [1.54, 1.807) is 24.4 Å². The Morgan fingerprint density at radius 3 is 2.49 bits per heavy atom. The lowest BCUT2D eigenvalue weighted by Gasteiger charge is -2.38. The number of ether oxygens (including phenoxy) is 2. The third-order valence-electron chi connectivity index (χ3n) is 12.2. The maximum Gasteiger partial charge on any atom is 0.293 e. The van der Waals surface area contributed by atoms with Crippen LogP contribution in [0.2, 0.25) is 5.02 Å². The number of anilines is 2. The summed E-state index contributed by atoms with van der Waals surface area (Å²) >= 11 is 6.22. The second kappa shape index (κ2) is 18.9. The van der Waals surface area contributed by atoms with E-state index in [-0.39, 0.29) is 46.6 Å². The lowest BCUT2D eigenvalue weighted by atomic mass is 9.88. The molecule has 2 aromatic heterocycles. The summed E-state index contributed by atoms with van der Waals surface area (Å²) < 4.78 is 41.2. The van der Waals surface area contributed by atoms with Crippen LogP contribution in [-0.2, 0) is 19.6 Å². The Hall–Kier alpha value is -5.75. The number of aromatic nitrogens is 2. The molecule has 8 rings (SSSR count). The molecule has 2 atom stereocenters. The number of benzene rings is 3. The molecule has 0 unspecified atom stereocenters. The number of likely N-dealkylation sites (tertiary alicyclic amines) is 1. The molecule has 3 aliphatic rings. The van der Waals surface area contributed by atoms with Gasteiger partial charge in [0.25, 0.3) is 21.6 Å². The zero-order valence-corrected chi connectivity index (χ0v) is 36.7. The summed E-state index contributed by atoms with van der Waals surface area (Å²) in [6.07, 6.45) is 4.89. The van der Waals surface area contributed by atoms with E-state index in [0.29, 0.717) is 62.4 Å². The van der Waals surface area contributed by atoms with Crippen molar-refractivity contribution < 1.29 is 32.4 Å².